The molecular formula is C18H13F2NO3. The Morgan fingerprint density at radius 1 is 1.08 bits per heavy atom. The predicted octanol–water partition coefficient (Wildman–Crippen LogP) is 2.96. The highest BCUT2D eigenvalue weighted by atomic mass is 19.1. The summed E-state index contributed by atoms with van der Waals surface area (Å²) < 4.78 is 29.0. The zero-order valence-electron chi connectivity index (χ0n) is 12.5. The Morgan fingerprint density at radius 2 is 1.83 bits per heavy atom. The number of fused-ring (bicyclic) bond motifs is 1. The second-order valence-electron chi connectivity index (χ2n) is 5.43. The molecule has 24 heavy (non-hydrogen) atoms. The van der Waals surface area contributed by atoms with E-state index < -0.39 is 29.5 Å². The molecule has 122 valence electrons. The molecule has 0 aliphatic rings. The van der Waals surface area contributed by atoms with E-state index in [1.54, 1.807) is 22.8 Å². The van der Waals surface area contributed by atoms with Gasteiger partial charge in [0.15, 0.2) is 5.43 Å². The molecule has 0 bridgehead atoms. The molecule has 6 heteroatoms. The maximum absolute atomic E-state index is 13.9. The number of carbonyl (C=O) groups is 1. The highest BCUT2D eigenvalue weighted by Crippen LogP contribution is 2.17. The molecule has 4 nitrogen and oxygen atoms in total. The lowest BCUT2D eigenvalue weighted by Gasteiger charge is -2.14. The molecular weight excluding hydrogens is 316 g/mol. The van der Waals surface area contributed by atoms with Crippen LogP contribution in [0.2, 0.25) is 0 Å². The van der Waals surface area contributed by atoms with Gasteiger partial charge in [-0.25, -0.2) is 8.78 Å². The van der Waals surface area contributed by atoms with E-state index >= 15 is 0 Å². The van der Waals surface area contributed by atoms with Crippen LogP contribution in [0.25, 0.3) is 10.9 Å². The highest BCUT2D eigenvalue weighted by Gasteiger charge is 2.13. The van der Waals surface area contributed by atoms with Crippen molar-refractivity contribution < 1.29 is 18.7 Å². The van der Waals surface area contributed by atoms with E-state index in [0.717, 1.165) is 6.07 Å². The minimum Gasteiger partial charge on any atom is -0.481 e. The van der Waals surface area contributed by atoms with Crippen molar-refractivity contribution in [3.63, 3.8) is 0 Å². The molecule has 2 aromatic carbocycles. The number of nitrogens with zero attached hydrogens (tertiary/aromatic N) is 1. The lowest BCUT2D eigenvalue weighted by molar-refractivity contribution is -0.136. The molecule has 1 aromatic heterocycles. The first-order valence-corrected chi connectivity index (χ1v) is 7.22. The molecule has 0 saturated carbocycles. The molecule has 1 heterocycles. The van der Waals surface area contributed by atoms with Crippen LogP contribution in [0.4, 0.5) is 8.78 Å². The third-order valence-corrected chi connectivity index (χ3v) is 3.76. The third-order valence-electron chi connectivity index (χ3n) is 3.76. The molecule has 0 unspecified atom stereocenters. The summed E-state index contributed by atoms with van der Waals surface area (Å²) in [6.45, 7) is 0.0989. The van der Waals surface area contributed by atoms with Crippen LogP contribution in [0.1, 0.15) is 11.1 Å². The Morgan fingerprint density at radius 3 is 2.54 bits per heavy atom. The fourth-order valence-electron chi connectivity index (χ4n) is 2.66. The van der Waals surface area contributed by atoms with E-state index in [4.69, 9.17) is 5.11 Å². The van der Waals surface area contributed by atoms with E-state index in [0.29, 0.717) is 11.1 Å². The smallest absolute Gasteiger partial charge is 0.308 e. The van der Waals surface area contributed by atoms with Crippen LogP contribution in [0.15, 0.2) is 53.5 Å². The molecule has 3 rings (SSSR count). The van der Waals surface area contributed by atoms with E-state index in [1.807, 2.05) is 0 Å². The van der Waals surface area contributed by atoms with Gasteiger partial charge in [-0.2, -0.15) is 0 Å². The maximum atomic E-state index is 13.9. The molecule has 1 N–H and O–H groups in total. The lowest BCUT2D eigenvalue weighted by Crippen LogP contribution is -2.18. The summed E-state index contributed by atoms with van der Waals surface area (Å²) in [5.41, 5.74) is 0.292. The number of carboxylic acids is 1. The minimum atomic E-state index is -1.17. The first-order valence-electron chi connectivity index (χ1n) is 7.22. The van der Waals surface area contributed by atoms with Gasteiger partial charge in [0.25, 0.3) is 0 Å². The highest BCUT2D eigenvalue weighted by molar-refractivity contribution is 5.81. The number of halogens is 2. The van der Waals surface area contributed by atoms with E-state index in [-0.39, 0.29) is 17.5 Å². The van der Waals surface area contributed by atoms with Crippen LogP contribution < -0.4 is 5.43 Å². The van der Waals surface area contributed by atoms with Crippen LogP contribution >= 0.6 is 0 Å². The maximum Gasteiger partial charge on any atom is 0.308 e. The standard InChI is InChI=1S/C18H13F2NO3/c19-13-5-6-16-14(8-13)18(24)12(7-17(22)23)10-21(16)9-11-3-1-2-4-15(11)20/h1-6,8,10H,7,9H2,(H,22,23). The summed E-state index contributed by atoms with van der Waals surface area (Å²) in [4.78, 5) is 23.3. The number of hydrogen-bond donors (Lipinski definition) is 1. The molecule has 0 radical (unpaired) electrons. The fourth-order valence-corrected chi connectivity index (χ4v) is 2.66. The number of benzene rings is 2. The Balaban J connectivity index is 2.22. The summed E-state index contributed by atoms with van der Waals surface area (Å²) in [5, 5.41) is 9.03. The van der Waals surface area contributed by atoms with Gasteiger partial charge in [-0.15, -0.1) is 0 Å². The van der Waals surface area contributed by atoms with E-state index in [2.05, 4.69) is 0 Å². The molecule has 0 fully saturated rings. The fraction of sp³-hybridized carbons (Fsp3) is 0.111. The number of carboxylic acid groups (broad SMARTS) is 1. The Bertz CT molecular complexity index is 995. The second-order valence-corrected chi connectivity index (χ2v) is 5.43. The predicted molar refractivity (Wildman–Crippen MR) is 85.0 cm³/mol. The Labute approximate surface area is 135 Å². The van der Waals surface area contributed by atoms with Crippen molar-refractivity contribution in [2.45, 2.75) is 13.0 Å². The molecule has 0 saturated heterocycles. The van der Waals surface area contributed by atoms with Crippen molar-refractivity contribution in [2.75, 3.05) is 0 Å². The third kappa shape index (κ3) is 3.03. The number of aromatic nitrogens is 1. The summed E-state index contributed by atoms with van der Waals surface area (Å²) in [7, 11) is 0. The number of pyridine rings is 1. The van der Waals surface area contributed by atoms with Gasteiger partial charge in [0, 0.05) is 22.7 Å². The van der Waals surface area contributed by atoms with Crippen LogP contribution in [0.3, 0.4) is 0 Å². The van der Waals surface area contributed by atoms with Gasteiger partial charge in [0.2, 0.25) is 0 Å². The van der Waals surface area contributed by atoms with Gasteiger partial charge >= 0.3 is 5.97 Å². The van der Waals surface area contributed by atoms with Crippen molar-refractivity contribution in [1.29, 1.82) is 0 Å². The Hall–Kier alpha value is -3.02. The van der Waals surface area contributed by atoms with Crippen molar-refractivity contribution in [3.8, 4) is 0 Å². The molecule has 0 atom stereocenters. The van der Waals surface area contributed by atoms with Gasteiger partial charge < -0.3 is 9.67 Å². The van der Waals surface area contributed by atoms with Gasteiger partial charge in [-0.05, 0) is 24.3 Å². The molecule has 3 aromatic rings. The monoisotopic (exact) mass is 329 g/mol. The van der Waals surface area contributed by atoms with E-state index in [9.17, 15) is 18.4 Å². The summed E-state index contributed by atoms with van der Waals surface area (Å²) in [6.07, 6.45) is 0.908. The zero-order valence-corrected chi connectivity index (χ0v) is 12.5. The average Bonchev–Trinajstić information content (AvgIpc) is 2.53. The number of aliphatic carboxylic acids is 1. The summed E-state index contributed by atoms with van der Waals surface area (Å²) in [6, 6.07) is 9.86. The van der Waals surface area contributed by atoms with Crippen molar-refractivity contribution in [2.24, 2.45) is 0 Å². The molecule has 0 amide bonds. The van der Waals surface area contributed by atoms with Gasteiger partial charge in [-0.1, -0.05) is 18.2 Å². The largest absolute Gasteiger partial charge is 0.481 e. The van der Waals surface area contributed by atoms with Gasteiger partial charge in [-0.3, -0.25) is 9.59 Å². The Kier molecular flexibility index (Phi) is 4.12. The second kappa shape index (κ2) is 6.23. The first-order chi connectivity index (χ1) is 11.5. The molecule has 0 aliphatic heterocycles. The van der Waals surface area contributed by atoms with Crippen molar-refractivity contribution in [1.82, 2.24) is 4.57 Å². The average molecular weight is 329 g/mol. The first kappa shape index (κ1) is 15.9. The normalized spacial score (nSPS) is 10.9. The molecule has 0 spiro atoms. The summed E-state index contributed by atoms with van der Waals surface area (Å²) >= 11 is 0. The number of rotatable bonds is 4. The van der Waals surface area contributed by atoms with Gasteiger partial charge in [0.1, 0.15) is 11.6 Å². The minimum absolute atomic E-state index is 0.0249. The van der Waals surface area contributed by atoms with Crippen LogP contribution in [0.5, 0.6) is 0 Å². The van der Waals surface area contributed by atoms with Gasteiger partial charge in [0.05, 0.1) is 18.5 Å². The van der Waals surface area contributed by atoms with Crippen LogP contribution in [-0.4, -0.2) is 15.6 Å². The SMILES string of the molecule is O=C(O)Cc1cn(Cc2ccccc2F)c2ccc(F)cc2c1=O. The van der Waals surface area contributed by atoms with Crippen LogP contribution in [-0.2, 0) is 17.8 Å². The quantitative estimate of drug-likeness (QED) is 0.800. The topological polar surface area (TPSA) is 59.3 Å². The zero-order chi connectivity index (χ0) is 17.3. The summed E-state index contributed by atoms with van der Waals surface area (Å²) in [5.74, 6) is -2.17. The van der Waals surface area contributed by atoms with Crippen LogP contribution in [0, 0.1) is 11.6 Å². The van der Waals surface area contributed by atoms with Crippen molar-refractivity contribution >= 4 is 16.9 Å². The number of hydrogen-bond acceptors (Lipinski definition) is 2. The van der Waals surface area contributed by atoms with E-state index in [1.165, 1.54) is 24.4 Å². The lowest BCUT2D eigenvalue weighted by atomic mass is 10.1. The molecule has 0 aliphatic carbocycles. The van der Waals surface area contributed by atoms with Crippen molar-refractivity contribution in [3.05, 3.63) is 81.6 Å².